The molecule has 154 valence electrons. The number of ether oxygens (including phenoxy) is 4. The van der Waals surface area contributed by atoms with Crippen molar-refractivity contribution in [2.75, 3.05) is 47.6 Å². The molecule has 0 aliphatic heterocycles. The SMILES string of the molecule is COc1cccc(OC[C@@H](O)CN(C)Cc2ccc(OCCO)c(OC)c2)c1. The number of hydrogen-bond acceptors (Lipinski definition) is 7. The van der Waals surface area contributed by atoms with Crippen molar-refractivity contribution >= 4 is 0 Å². The topological polar surface area (TPSA) is 80.6 Å². The van der Waals surface area contributed by atoms with Gasteiger partial charge in [0, 0.05) is 19.2 Å². The normalized spacial score (nSPS) is 11.9. The van der Waals surface area contributed by atoms with Gasteiger partial charge in [0.2, 0.25) is 0 Å². The predicted molar refractivity (Wildman–Crippen MR) is 106 cm³/mol. The Bertz CT molecular complexity index is 724. The lowest BCUT2D eigenvalue weighted by atomic mass is 10.2. The van der Waals surface area contributed by atoms with E-state index < -0.39 is 6.10 Å². The summed E-state index contributed by atoms with van der Waals surface area (Å²) in [6.07, 6.45) is -0.634. The van der Waals surface area contributed by atoms with Gasteiger partial charge in [-0.15, -0.1) is 0 Å². The summed E-state index contributed by atoms with van der Waals surface area (Å²) in [5.74, 6) is 2.57. The lowest BCUT2D eigenvalue weighted by Crippen LogP contribution is -2.32. The summed E-state index contributed by atoms with van der Waals surface area (Å²) in [5, 5.41) is 19.1. The Balaban J connectivity index is 1.84. The first-order chi connectivity index (χ1) is 13.5. The van der Waals surface area contributed by atoms with E-state index in [0.29, 0.717) is 36.1 Å². The molecule has 7 heteroatoms. The Labute approximate surface area is 166 Å². The van der Waals surface area contributed by atoms with Gasteiger partial charge in [0.15, 0.2) is 11.5 Å². The van der Waals surface area contributed by atoms with Gasteiger partial charge < -0.3 is 29.2 Å². The summed E-state index contributed by atoms with van der Waals surface area (Å²) >= 11 is 0. The van der Waals surface area contributed by atoms with Gasteiger partial charge in [-0.2, -0.15) is 0 Å². The van der Waals surface area contributed by atoms with Crippen molar-refractivity contribution in [1.29, 1.82) is 0 Å². The third kappa shape index (κ3) is 6.92. The Kier molecular flexibility index (Phi) is 8.87. The number of rotatable bonds is 12. The minimum absolute atomic E-state index is 0.0522. The van der Waals surface area contributed by atoms with Gasteiger partial charge in [0.05, 0.1) is 20.8 Å². The van der Waals surface area contributed by atoms with Crippen LogP contribution in [0.1, 0.15) is 5.56 Å². The van der Waals surface area contributed by atoms with Crippen LogP contribution in [0.15, 0.2) is 42.5 Å². The minimum Gasteiger partial charge on any atom is -0.497 e. The lowest BCUT2D eigenvalue weighted by Gasteiger charge is -2.21. The predicted octanol–water partition coefficient (Wildman–Crippen LogP) is 1.95. The highest BCUT2D eigenvalue weighted by Gasteiger charge is 2.12. The summed E-state index contributed by atoms with van der Waals surface area (Å²) in [6, 6.07) is 12.9. The first-order valence-electron chi connectivity index (χ1n) is 9.09. The zero-order valence-electron chi connectivity index (χ0n) is 16.6. The quantitative estimate of drug-likeness (QED) is 0.572. The minimum atomic E-state index is -0.634. The summed E-state index contributed by atoms with van der Waals surface area (Å²) in [5.41, 5.74) is 1.02. The third-order valence-corrected chi connectivity index (χ3v) is 4.04. The third-order valence-electron chi connectivity index (χ3n) is 4.04. The standard InChI is InChI=1S/C21H29NO6/c1-22(13-16-7-8-20(27-10-9-23)21(11-16)26-3)14-17(24)15-28-19-6-4-5-18(12-19)25-2/h4-8,11-12,17,23-24H,9-10,13-15H2,1-3H3/t17-/m0/s1. The van der Waals surface area contributed by atoms with Crippen molar-refractivity contribution in [3.05, 3.63) is 48.0 Å². The molecule has 0 aliphatic rings. The molecule has 2 aromatic rings. The van der Waals surface area contributed by atoms with Crippen LogP contribution in [0.4, 0.5) is 0 Å². The van der Waals surface area contributed by atoms with Gasteiger partial charge in [-0.1, -0.05) is 12.1 Å². The molecule has 2 rings (SSSR count). The molecular formula is C21H29NO6. The molecule has 0 aromatic heterocycles. The highest BCUT2D eigenvalue weighted by molar-refractivity contribution is 5.43. The van der Waals surface area contributed by atoms with Crippen molar-refractivity contribution < 1.29 is 29.2 Å². The Morgan fingerprint density at radius 3 is 2.46 bits per heavy atom. The van der Waals surface area contributed by atoms with Crippen molar-refractivity contribution in [1.82, 2.24) is 4.90 Å². The summed E-state index contributed by atoms with van der Waals surface area (Å²) in [7, 11) is 5.11. The lowest BCUT2D eigenvalue weighted by molar-refractivity contribution is 0.0743. The second-order valence-electron chi connectivity index (χ2n) is 6.40. The summed E-state index contributed by atoms with van der Waals surface area (Å²) < 4.78 is 21.6. The summed E-state index contributed by atoms with van der Waals surface area (Å²) in [6.45, 7) is 1.44. The van der Waals surface area contributed by atoms with E-state index in [1.165, 1.54) is 0 Å². The number of aliphatic hydroxyl groups is 2. The smallest absolute Gasteiger partial charge is 0.161 e. The molecule has 0 radical (unpaired) electrons. The van der Waals surface area contributed by atoms with Crippen LogP contribution >= 0.6 is 0 Å². The first-order valence-corrected chi connectivity index (χ1v) is 9.09. The van der Waals surface area contributed by atoms with Crippen LogP contribution in [-0.2, 0) is 6.54 Å². The number of aliphatic hydroxyl groups excluding tert-OH is 2. The molecule has 2 N–H and O–H groups in total. The Morgan fingerprint density at radius 2 is 1.75 bits per heavy atom. The van der Waals surface area contributed by atoms with Crippen LogP contribution in [0.5, 0.6) is 23.0 Å². The fraction of sp³-hybridized carbons (Fsp3) is 0.429. The molecular weight excluding hydrogens is 362 g/mol. The van der Waals surface area contributed by atoms with Crippen molar-refractivity contribution in [2.24, 2.45) is 0 Å². The maximum atomic E-state index is 10.3. The highest BCUT2D eigenvalue weighted by atomic mass is 16.5. The molecule has 0 amide bonds. The summed E-state index contributed by atoms with van der Waals surface area (Å²) in [4.78, 5) is 2.00. The molecule has 0 saturated heterocycles. The van der Waals surface area contributed by atoms with E-state index in [2.05, 4.69) is 0 Å². The van der Waals surface area contributed by atoms with Gasteiger partial charge in [0.25, 0.3) is 0 Å². The number of nitrogens with zero attached hydrogens (tertiary/aromatic N) is 1. The van der Waals surface area contributed by atoms with Crippen molar-refractivity contribution in [2.45, 2.75) is 12.6 Å². The molecule has 7 nitrogen and oxygen atoms in total. The molecule has 0 fully saturated rings. The van der Waals surface area contributed by atoms with Crippen LogP contribution in [-0.4, -0.2) is 68.8 Å². The van der Waals surface area contributed by atoms with E-state index in [4.69, 9.17) is 24.1 Å². The monoisotopic (exact) mass is 391 g/mol. The van der Waals surface area contributed by atoms with E-state index in [1.807, 2.05) is 48.3 Å². The van der Waals surface area contributed by atoms with Crippen LogP contribution in [0.2, 0.25) is 0 Å². The van der Waals surface area contributed by atoms with Crippen molar-refractivity contribution in [3.63, 3.8) is 0 Å². The molecule has 0 bridgehead atoms. The van der Waals surface area contributed by atoms with E-state index in [-0.39, 0.29) is 19.8 Å². The molecule has 28 heavy (non-hydrogen) atoms. The molecule has 0 aliphatic carbocycles. The van der Waals surface area contributed by atoms with E-state index in [1.54, 1.807) is 20.3 Å². The molecule has 0 unspecified atom stereocenters. The van der Waals surface area contributed by atoms with Crippen LogP contribution in [0.3, 0.4) is 0 Å². The van der Waals surface area contributed by atoms with Gasteiger partial charge in [-0.05, 0) is 36.9 Å². The van der Waals surface area contributed by atoms with Crippen LogP contribution < -0.4 is 18.9 Å². The number of methoxy groups -OCH3 is 2. The van der Waals surface area contributed by atoms with Crippen LogP contribution in [0.25, 0.3) is 0 Å². The average Bonchev–Trinajstić information content (AvgIpc) is 2.71. The number of likely N-dealkylation sites (N-methyl/N-ethyl adjacent to an activating group) is 1. The molecule has 0 heterocycles. The van der Waals surface area contributed by atoms with E-state index >= 15 is 0 Å². The van der Waals surface area contributed by atoms with Gasteiger partial charge in [0.1, 0.15) is 30.8 Å². The zero-order chi connectivity index (χ0) is 20.4. The maximum Gasteiger partial charge on any atom is 0.161 e. The van der Waals surface area contributed by atoms with E-state index in [0.717, 1.165) is 5.56 Å². The average molecular weight is 391 g/mol. The second kappa shape index (κ2) is 11.4. The second-order valence-corrected chi connectivity index (χ2v) is 6.40. The largest absolute Gasteiger partial charge is 0.497 e. The van der Waals surface area contributed by atoms with Gasteiger partial charge in [-0.3, -0.25) is 4.90 Å². The molecule has 0 spiro atoms. The number of benzene rings is 2. The fourth-order valence-electron chi connectivity index (χ4n) is 2.76. The number of hydrogen-bond donors (Lipinski definition) is 2. The van der Waals surface area contributed by atoms with E-state index in [9.17, 15) is 5.11 Å². The molecule has 2 aromatic carbocycles. The molecule has 1 atom stereocenters. The highest BCUT2D eigenvalue weighted by Crippen LogP contribution is 2.28. The fourth-order valence-corrected chi connectivity index (χ4v) is 2.76. The van der Waals surface area contributed by atoms with Crippen LogP contribution in [0, 0.1) is 0 Å². The Hall–Kier alpha value is -2.48. The van der Waals surface area contributed by atoms with Gasteiger partial charge >= 0.3 is 0 Å². The molecule has 0 saturated carbocycles. The first kappa shape index (κ1) is 21.8. The Morgan fingerprint density at radius 1 is 0.964 bits per heavy atom. The maximum absolute atomic E-state index is 10.3. The van der Waals surface area contributed by atoms with Crippen molar-refractivity contribution in [3.8, 4) is 23.0 Å². The zero-order valence-corrected chi connectivity index (χ0v) is 16.6. The van der Waals surface area contributed by atoms with Gasteiger partial charge in [-0.25, -0.2) is 0 Å².